The molecule has 194 valence electrons. The van der Waals surface area contributed by atoms with E-state index in [1.807, 2.05) is 49.1 Å². The molecule has 4 aromatic rings. The van der Waals surface area contributed by atoms with Crippen molar-refractivity contribution in [3.05, 3.63) is 66.0 Å². The molecule has 0 unspecified atom stereocenters. The third kappa shape index (κ3) is 5.44. The fraction of sp³-hybridized carbons (Fsp3) is 0.345. The van der Waals surface area contributed by atoms with E-state index in [-0.39, 0.29) is 18.2 Å². The molecule has 0 spiro atoms. The van der Waals surface area contributed by atoms with Crippen molar-refractivity contribution in [1.29, 1.82) is 0 Å². The summed E-state index contributed by atoms with van der Waals surface area (Å²) in [7, 11) is 5.62. The van der Waals surface area contributed by atoms with Gasteiger partial charge in [0.05, 0.1) is 30.0 Å². The van der Waals surface area contributed by atoms with Gasteiger partial charge in [0.2, 0.25) is 0 Å². The lowest BCUT2D eigenvalue weighted by Gasteiger charge is -2.19. The Balaban J connectivity index is 1.95. The van der Waals surface area contributed by atoms with Crippen LogP contribution in [0.4, 0.5) is 11.4 Å². The molecule has 2 aromatic carbocycles. The lowest BCUT2D eigenvalue weighted by atomic mass is 9.97. The molecule has 2 heterocycles. The standard InChI is InChI=1S/C29H35N5O3/c1-7-37-29(35)25-18-24(20-11-13-22(14-12-20)33(5)15-16-36-6)26-27(19(2)3)32-34(28(26)31-25)23-10-8-9-21(17-23)30-4/h8-14,17-19,30H,7,15-16H2,1-6H3. The fourth-order valence-corrected chi connectivity index (χ4v) is 4.31. The monoisotopic (exact) mass is 501 g/mol. The second kappa shape index (κ2) is 11.4. The van der Waals surface area contributed by atoms with E-state index in [1.54, 1.807) is 14.0 Å². The number of rotatable bonds is 10. The molecule has 0 bridgehead atoms. The van der Waals surface area contributed by atoms with Crippen molar-refractivity contribution in [1.82, 2.24) is 14.8 Å². The van der Waals surface area contributed by atoms with Crippen molar-refractivity contribution >= 4 is 28.4 Å². The average molecular weight is 502 g/mol. The number of pyridine rings is 1. The summed E-state index contributed by atoms with van der Waals surface area (Å²) in [4.78, 5) is 19.8. The topological polar surface area (TPSA) is 81.5 Å². The van der Waals surface area contributed by atoms with Gasteiger partial charge < -0.3 is 19.7 Å². The highest BCUT2D eigenvalue weighted by molar-refractivity contribution is 6.00. The third-order valence-corrected chi connectivity index (χ3v) is 6.33. The molecule has 0 atom stereocenters. The van der Waals surface area contributed by atoms with Gasteiger partial charge in [0, 0.05) is 39.1 Å². The Morgan fingerprint density at radius 3 is 2.54 bits per heavy atom. The van der Waals surface area contributed by atoms with Gasteiger partial charge >= 0.3 is 5.97 Å². The molecule has 4 rings (SSSR count). The number of fused-ring (bicyclic) bond motifs is 1. The van der Waals surface area contributed by atoms with Crippen LogP contribution in [0, 0.1) is 0 Å². The number of ether oxygens (including phenoxy) is 2. The van der Waals surface area contributed by atoms with Gasteiger partial charge in [-0.3, -0.25) is 0 Å². The molecule has 2 aromatic heterocycles. The number of carbonyl (C=O) groups excluding carboxylic acids is 1. The number of hydrogen-bond acceptors (Lipinski definition) is 7. The zero-order valence-electron chi connectivity index (χ0n) is 22.4. The number of benzene rings is 2. The molecule has 0 fully saturated rings. The van der Waals surface area contributed by atoms with Crippen molar-refractivity contribution < 1.29 is 14.3 Å². The molecule has 37 heavy (non-hydrogen) atoms. The van der Waals surface area contributed by atoms with Crippen molar-refractivity contribution in [3.63, 3.8) is 0 Å². The van der Waals surface area contributed by atoms with Gasteiger partial charge in [-0.05, 0) is 60.4 Å². The minimum absolute atomic E-state index is 0.143. The summed E-state index contributed by atoms with van der Waals surface area (Å²) in [6.07, 6.45) is 0. The number of carbonyl (C=O) groups is 1. The lowest BCUT2D eigenvalue weighted by molar-refractivity contribution is 0.0520. The first-order valence-electron chi connectivity index (χ1n) is 12.6. The minimum atomic E-state index is -0.454. The normalized spacial score (nSPS) is 11.2. The summed E-state index contributed by atoms with van der Waals surface area (Å²) in [5.41, 5.74) is 6.58. The number of esters is 1. The number of methoxy groups -OCH3 is 1. The number of hydrogen-bond donors (Lipinski definition) is 1. The molecule has 8 nitrogen and oxygen atoms in total. The largest absolute Gasteiger partial charge is 0.461 e. The second-order valence-electron chi connectivity index (χ2n) is 9.19. The molecule has 0 saturated carbocycles. The molecule has 0 aliphatic rings. The van der Waals surface area contributed by atoms with Crippen LogP contribution in [-0.4, -0.2) is 61.7 Å². The number of likely N-dealkylation sites (N-methyl/N-ethyl adjacent to an activating group) is 1. The SMILES string of the molecule is CCOC(=O)c1cc(-c2ccc(N(C)CCOC)cc2)c2c(C(C)C)nn(-c3cccc(NC)c3)c2n1. The van der Waals surface area contributed by atoms with E-state index in [4.69, 9.17) is 19.6 Å². The summed E-state index contributed by atoms with van der Waals surface area (Å²) < 4.78 is 12.4. The quantitative estimate of drug-likeness (QED) is 0.287. The number of aromatic nitrogens is 3. The van der Waals surface area contributed by atoms with Crippen molar-refractivity contribution in [3.8, 4) is 16.8 Å². The van der Waals surface area contributed by atoms with Crippen LogP contribution in [0.15, 0.2) is 54.6 Å². The molecule has 1 N–H and O–H groups in total. The average Bonchev–Trinajstić information content (AvgIpc) is 3.31. The van der Waals surface area contributed by atoms with E-state index in [0.29, 0.717) is 12.3 Å². The first-order chi connectivity index (χ1) is 17.9. The first-order valence-corrected chi connectivity index (χ1v) is 12.6. The summed E-state index contributed by atoms with van der Waals surface area (Å²) in [5.74, 6) is -0.311. The maximum Gasteiger partial charge on any atom is 0.357 e. The maximum absolute atomic E-state index is 12.9. The van der Waals surface area contributed by atoms with Crippen LogP contribution in [0.25, 0.3) is 27.8 Å². The van der Waals surface area contributed by atoms with Crippen molar-refractivity contribution in [2.75, 3.05) is 51.2 Å². The zero-order chi connectivity index (χ0) is 26.5. The van der Waals surface area contributed by atoms with Gasteiger partial charge in [-0.1, -0.05) is 32.0 Å². The lowest BCUT2D eigenvalue weighted by Crippen LogP contribution is -2.21. The molecule has 0 aliphatic carbocycles. The van der Waals surface area contributed by atoms with Crippen LogP contribution in [-0.2, 0) is 9.47 Å². The molecule has 0 saturated heterocycles. The summed E-state index contributed by atoms with van der Waals surface area (Å²) >= 11 is 0. The summed E-state index contributed by atoms with van der Waals surface area (Å²) in [6.45, 7) is 7.74. The van der Waals surface area contributed by atoms with Gasteiger partial charge in [-0.2, -0.15) is 5.10 Å². The second-order valence-corrected chi connectivity index (χ2v) is 9.19. The Labute approximate surface area is 218 Å². The zero-order valence-corrected chi connectivity index (χ0v) is 22.4. The van der Waals surface area contributed by atoms with Crippen LogP contribution in [0.3, 0.4) is 0 Å². The highest BCUT2D eigenvalue weighted by atomic mass is 16.5. The molecule has 8 heteroatoms. The Bertz CT molecular complexity index is 1380. The number of anilines is 2. The van der Waals surface area contributed by atoms with Gasteiger partial charge in [-0.25, -0.2) is 14.5 Å². The third-order valence-electron chi connectivity index (χ3n) is 6.33. The van der Waals surface area contributed by atoms with Gasteiger partial charge in [0.1, 0.15) is 0 Å². The molecule has 0 aliphatic heterocycles. The van der Waals surface area contributed by atoms with Crippen molar-refractivity contribution in [2.45, 2.75) is 26.7 Å². The smallest absolute Gasteiger partial charge is 0.357 e. The van der Waals surface area contributed by atoms with E-state index in [1.165, 1.54) is 0 Å². The predicted molar refractivity (Wildman–Crippen MR) is 149 cm³/mol. The van der Waals surface area contributed by atoms with E-state index < -0.39 is 5.97 Å². The van der Waals surface area contributed by atoms with Gasteiger partial charge in [0.15, 0.2) is 11.3 Å². The summed E-state index contributed by atoms with van der Waals surface area (Å²) in [5, 5.41) is 9.11. The van der Waals surface area contributed by atoms with E-state index >= 15 is 0 Å². The molecular weight excluding hydrogens is 466 g/mol. The number of nitrogens with zero attached hydrogens (tertiary/aromatic N) is 4. The van der Waals surface area contributed by atoms with Crippen LogP contribution in [0.2, 0.25) is 0 Å². The highest BCUT2D eigenvalue weighted by Gasteiger charge is 2.23. The van der Waals surface area contributed by atoms with E-state index in [0.717, 1.165) is 45.8 Å². The van der Waals surface area contributed by atoms with Crippen LogP contribution in [0.5, 0.6) is 0 Å². The molecular formula is C29H35N5O3. The van der Waals surface area contributed by atoms with Crippen LogP contribution >= 0.6 is 0 Å². The van der Waals surface area contributed by atoms with E-state index in [9.17, 15) is 4.79 Å². The van der Waals surface area contributed by atoms with Crippen LogP contribution < -0.4 is 10.2 Å². The van der Waals surface area contributed by atoms with Crippen LogP contribution in [0.1, 0.15) is 42.9 Å². The Morgan fingerprint density at radius 2 is 1.89 bits per heavy atom. The molecule has 0 radical (unpaired) electrons. The predicted octanol–water partition coefficient (Wildman–Crippen LogP) is 5.51. The maximum atomic E-state index is 12.9. The first kappa shape index (κ1) is 26.2. The highest BCUT2D eigenvalue weighted by Crippen LogP contribution is 2.36. The Hall–Kier alpha value is -3.91. The molecule has 0 amide bonds. The Kier molecular flexibility index (Phi) is 8.08. The van der Waals surface area contributed by atoms with Gasteiger partial charge in [0.25, 0.3) is 0 Å². The summed E-state index contributed by atoms with van der Waals surface area (Å²) in [6, 6.07) is 18.1. The van der Waals surface area contributed by atoms with Crippen molar-refractivity contribution in [2.24, 2.45) is 0 Å². The fourth-order valence-electron chi connectivity index (χ4n) is 4.31. The van der Waals surface area contributed by atoms with E-state index in [2.05, 4.69) is 48.3 Å². The number of nitrogens with one attached hydrogen (secondary N) is 1. The van der Waals surface area contributed by atoms with Gasteiger partial charge in [-0.15, -0.1) is 0 Å². The minimum Gasteiger partial charge on any atom is -0.461 e. The Morgan fingerprint density at radius 1 is 1.14 bits per heavy atom.